The van der Waals surface area contributed by atoms with Crippen molar-refractivity contribution in [2.45, 2.75) is 29.6 Å². The van der Waals surface area contributed by atoms with Crippen LogP contribution in [0.5, 0.6) is 0 Å². The smallest absolute Gasteiger partial charge is 0.326 e. The van der Waals surface area contributed by atoms with E-state index in [-0.39, 0.29) is 12.5 Å². The number of hydrogen-bond donors (Lipinski definition) is 0. The molecule has 0 aliphatic carbocycles. The zero-order valence-electron chi connectivity index (χ0n) is 12.5. The lowest BCUT2D eigenvalue weighted by Gasteiger charge is -2.22. The number of hydrogen-bond acceptors (Lipinski definition) is 4. The summed E-state index contributed by atoms with van der Waals surface area (Å²) in [5, 5.41) is 0. The first-order valence-corrected chi connectivity index (χ1v) is 7.92. The molecule has 0 fully saturated rings. The Morgan fingerprint density at radius 3 is 2.55 bits per heavy atom. The number of carbonyl (C=O) groups excluding carboxylic acids is 2. The molecule has 0 spiro atoms. The van der Waals surface area contributed by atoms with E-state index in [1.807, 2.05) is 0 Å². The van der Waals surface area contributed by atoms with Gasteiger partial charge in [0.05, 0.1) is 0 Å². The van der Waals surface area contributed by atoms with Gasteiger partial charge in [0, 0.05) is 11.8 Å². The highest BCUT2D eigenvalue weighted by atomic mass is 79.9. The van der Waals surface area contributed by atoms with Gasteiger partial charge < -0.3 is 4.74 Å². The molecule has 0 unspecified atom stereocenters. The Balaban J connectivity index is 0.00000116. The minimum Gasteiger partial charge on any atom is -0.459 e. The molecule has 1 amide bonds. The van der Waals surface area contributed by atoms with E-state index >= 15 is 0 Å². The van der Waals surface area contributed by atoms with Gasteiger partial charge in [-0.15, -0.1) is 12.8 Å². The number of pyridine rings is 1. The molecule has 118 valence electrons. The second kappa shape index (κ2) is 6.80. The van der Waals surface area contributed by atoms with Gasteiger partial charge in [-0.05, 0) is 26.8 Å². The molecule has 0 bridgehead atoms. The summed E-state index contributed by atoms with van der Waals surface area (Å²) in [4.78, 5) is 29.8. The monoisotopic (exact) mass is 430 g/mol. The number of fused-ring (bicyclic) bond motifs is 1. The summed E-state index contributed by atoms with van der Waals surface area (Å²) in [5.74, 6) is -0.311. The Labute approximate surface area is 146 Å². The summed E-state index contributed by atoms with van der Waals surface area (Å²) in [6.45, 7) is 5.17. The van der Waals surface area contributed by atoms with Crippen LogP contribution in [0.1, 0.15) is 26.3 Å². The van der Waals surface area contributed by atoms with Crippen molar-refractivity contribution in [1.29, 1.82) is 0 Å². The van der Waals surface area contributed by atoms with Crippen LogP contribution in [0.3, 0.4) is 0 Å². The number of amides is 1. The predicted octanol–water partition coefficient (Wildman–Crippen LogP) is 2.96. The van der Waals surface area contributed by atoms with Gasteiger partial charge in [-0.3, -0.25) is 14.5 Å². The van der Waals surface area contributed by atoms with Gasteiger partial charge in [-0.2, -0.15) is 0 Å². The molecule has 1 aromatic rings. The van der Waals surface area contributed by atoms with E-state index in [4.69, 9.17) is 4.74 Å². The molecule has 1 aromatic heterocycles. The maximum atomic E-state index is 12.4. The second-order valence-corrected chi connectivity index (χ2v) is 8.87. The molecule has 7 heteroatoms. The summed E-state index contributed by atoms with van der Waals surface area (Å²) in [6.07, 6.45) is 9.58. The van der Waals surface area contributed by atoms with Crippen molar-refractivity contribution in [3.8, 4) is 12.8 Å². The molecule has 0 saturated heterocycles. The SMILES string of the molecule is C#C.CC(C)(C)OC(=O)CN1C(=O)C(Br)(Br)c2cccnc21. The second-order valence-electron chi connectivity index (χ2n) is 5.43. The number of ether oxygens (including phenoxy) is 1. The third-order valence-electron chi connectivity index (χ3n) is 2.60. The number of esters is 1. The quantitative estimate of drug-likeness (QED) is 0.410. The standard InChI is InChI=1S/C13H14Br2N2O3.C2H2/c1-12(2,3)20-9(18)7-17-10-8(5-4-6-16-10)13(14,15)11(17)19;1-2/h4-6H,7H2,1-3H3;1-2H. The maximum absolute atomic E-state index is 12.4. The van der Waals surface area contributed by atoms with E-state index in [2.05, 4.69) is 49.7 Å². The summed E-state index contributed by atoms with van der Waals surface area (Å²) in [6, 6.07) is 3.51. The number of nitrogens with zero attached hydrogens (tertiary/aromatic N) is 2. The first-order valence-electron chi connectivity index (χ1n) is 6.33. The van der Waals surface area contributed by atoms with Crippen LogP contribution in [0, 0.1) is 12.8 Å². The average molecular weight is 432 g/mol. The normalized spacial score (nSPS) is 15.6. The number of rotatable bonds is 2. The number of alkyl halides is 2. The summed E-state index contributed by atoms with van der Waals surface area (Å²) in [5.41, 5.74) is 0.0840. The van der Waals surface area contributed by atoms with Crippen molar-refractivity contribution in [2.75, 3.05) is 11.4 Å². The Kier molecular flexibility index (Phi) is 5.76. The van der Waals surface area contributed by atoms with Crippen LogP contribution in [-0.2, 0) is 17.6 Å². The van der Waals surface area contributed by atoms with Gasteiger partial charge >= 0.3 is 5.97 Å². The highest BCUT2D eigenvalue weighted by Crippen LogP contribution is 2.49. The molecule has 22 heavy (non-hydrogen) atoms. The highest BCUT2D eigenvalue weighted by molar-refractivity contribution is 9.25. The summed E-state index contributed by atoms with van der Waals surface area (Å²) >= 11 is 6.66. The largest absolute Gasteiger partial charge is 0.459 e. The van der Waals surface area contributed by atoms with Crippen LogP contribution in [0.25, 0.3) is 0 Å². The van der Waals surface area contributed by atoms with E-state index in [9.17, 15) is 9.59 Å². The molecule has 0 radical (unpaired) electrons. The number of aromatic nitrogens is 1. The van der Waals surface area contributed by atoms with Gasteiger partial charge in [-0.25, -0.2) is 4.98 Å². The molecule has 1 aliphatic heterocycles. The molecule has 0 N–H and O–H groups in total. The van der Waals surface area contributed by atoms with Crippen LogP contribution in [0.4, 0.5) is 5.82 Å². The molecule has 1 aliphatic rings. The van der Waals surface area contributed by atoms with E-state index < -0.39 is 14.8 Å². The van der Waals surface area contributed by atoms with E-state index in [0.29, 0.717) is 11.4 Å². The molecule has 2 rings (SSSR count). The minimum atomic E-state index is -1.04. The Hall–Kier alpha value is -1.39. The predicted molar refractivity (Wildman–Crippen MR) is 91.9 cm³/mol. The fraction of sp³-hybridized carbons (Fsp3) is 0.400. The molecule has 5 nitrogen and oxygen atoms in total. The maximum Gasteiger partial charge on any atom is 0.326 e. The van der Waals surface area contributed by atoms with Crippen LogP contribution in [0.15, 0.2) is 18.3 Å². The minimum absolute atomic E-state index is 0.168. The molecular weight excluding hydrogens is 416 g/mol. The van der Waals surface area contributed by atoms with Gasteiger partial charge in [0.25, 0.3) is 5.91 Å². The summed E-state index contributed by atoms with van der Waals surface area (Å²) < 4.78 is 4.20. The first-order chi connectivity index (χ1) is 10.1. The molecule has 0 aromatic carbocycles. The summed E-state index contributed by atoms with van der Waals surface area (Å²) in [7, 11) is 0. The van der Waals surface area contributed by atoms with E-state index in [0.717, 1.165) is 0 Å². The van der Waals surface area contributed by atoms with Crippen molar-refractivity contribution in [3.05, 3.63) is 23.9 Å². The lowest BCUT2D eigenvalue weighted by molar-refractivity contribution is -0.153. The number of terminal acetylenes is 1. The van der Waals surface area contributed by atoms with Crippen molar-refractivity contribution in [2.24, 2.45) is 0 Å². The van der Waals surface area contributed by atoms with Crippen molar-refractivity contribution in [1.82, 2.24) is 4.98 Å². The fourth-order valence-electron chi connectivity index (χ4n) is 1.89. The Bertz CT molecular complexity index is 606. The number of anilines is 1. The van der Waals surface area contributed by atoms with Gasteiger partial charge in [-0.1, -0.05) is 37.9 Å². The van der Waals surface area contributed by atoms with Crippen LogP contribution >= 0.6 is 31.9 Å². The van der Waals surface area contributed by atoms with Gasteiger partial charge in [0.1, 0.15) is 18.0 Å². The van der Waals surface area contributed by atoms with Gasteiger partial charge in [0.2, 0.25) is 0 Å². The third kappa shape index (κ3) is 3.87. The lowest BCUT2D eigenvalue weighted by Crippen LogP contribution is -2.39. The van der Waals surface area contributed by atoms with Crippen LogP contribution in [0.2, 0.25) is 0 Å². The molecule has 0 saturated carbocycles. The molecular formula is C15H16Br2N2O3. The van der Waals surface area contributed by atoms with Crippen LogP contribution in [-0.4, -0.2) is 29.0 Å². The zero-order valence-corrected chi connectivity index (χ0v) is 15.6. The molecule has 2 heterocycles. The van der Waals surface area contributed by atoms with Gasteiger partial charge in [0.15, 0.2) is 3.23 Å². The fourth-order valence-corrected chi connectivity index (χ4v) is 2.93. The number of carbonyl (C=O) groups is 2. The highest BCUT2D eigenvalue weighted by Gasteiger charge is 2.49. The number of halogens is 2. The van der Waals surface area contributed by atoms with Crippen molar-refractivity contribution >= 4 is 49.6 Å². The third-order valence-corrected chi connectivity index (χ3v) is 4.13. The van der Waals surface area contributed by atoms with Crippen molar-refractivity contribution in [3.63, 3.8) is 0 Å². The van der Waals surface area contributed by atoms with Crippen molar-refractivity contribution < 1.29 is 14.3 Å². The van der Waals surface area contributed by atoms with Crippen LogP contribution < -0.4 is 4.90 Å². The first kappa shape index (κ1) is 18.7. The molecule has 0 atom stereocenters. The van der Waals surface area contributed by atoms with E-state index in [1.54, 1.807) is 39.1 Å². The van der Waals surface area contributed by atoms with E-state index in [1.165, 1.54) is 4.90 Å². The zero-order chi connectivity index (χ0) is 17.1. The average Bonchev–Trinajstić information content (AvgIpc) is 2.61. The lowest BCUT2D eigenvalue weighted by atomic mass is 10.2. The topological polar surface area (TPSA) is 59.5 Å². The Morgan fingerprint density at radius 2 is 2.00 bits per heavy atom. The Morgan fingerprint density at radius 1 is 1.41 bits per heavy atom.